The van der Waals surface area contributed by atoms with E-state index in [0.29, 0.717) is 12.6 Å². The van der Waals surface area contributed by atoms with E-state index in [9.17, 15) is 4.79 Å². The highest BCUT2D eigenvalue weighted by molar-refractivity contribution is 5.41. The van der Waals surface area contributed by atoms with Gasteiger partial charge in [-0.25, -0.2) is 4.68 Å². The van der Waals surface area contributed by atoms with Crippen molar-refractivity contribution in [3.05, 3.63) is 40.1 Å². The summed E-state index contributed by atoms with van der Waals surface area (Å²) in [6.45, 7) is 2.38. The van der Waals surface area contributed by atoms with Crippen LogP contribution in [0.5, 0.6) is 0 Å². The number of aryl methyl sites for hydroxylation is 2. The number of hydrogen-bond acceptors (Lipinski definition) is 4. The first kappa shape index (κ1) is 12.0. The van der Waals surface area contributed by atoms with Crippen LogP contribution in [-0.2, 0) is 13.6 Å². The van der Waals surface area contributed by atoms with Crippen molar-refractivity contribution in [3.8, 4) is 0 Å². The van der Waals surface area contributed by atoms with Crippen molar-refractivity contribution < 1.29 is 0 Å². The number of anilines is 1. The third kappa shape index (κ3) is 2.67. The molecule has 3 rings (SSSR count). The predicted octanol–water partition coefficient (Wildman–Crippen LogP) is 0.908. The molecule has 0 saturated heterocycles. The van der Waals surface area contributed by atoms with Gasteiger partial charge in [0.05, 0.1) is 29.8 Å². The van der Waals surface area contributed by atoms with Crippen molar-refractivity contribution in [2.24, 2.45) is 7.05 Å². The summed E-state index contributed by atoms with van der Waals surface area (Å²) >= 11 is 0. The molecule has 0 aliphatic heterocycles. The van der Waals surface area contributed by atoms with Crippen LogP contribution < -0.4 is 10.9 Å². The molecule has 1 N–H and O–H groups in total. The number of nitrogens with one attached hydrogen (secondary N) is 1. The fourth-order valence-electron chi connectivity index (χ4n) is 2.06. The molecule has 0 aromatic carbocycles. The summed E-state index contributed by atoms with van der Waals surface area (Å²) < 4.78 is 3.23. The second-order valence-electron chi connectivity index (χ2n) is 5.06. The molecule has 6 heteroatoms. The van der Waals surface area contributed by atoms with E-state index in [1.165, 1.54) is 17.5 Å². The Kier molecular flexibility index (Phi) is 2.85. The molecule has 100 valence electrons. The number of hydrogen-bond donors (Lipinski definition) is 1. The first-order chi connectivity index (χ1) is 9.11. The quantitative estimate of drug-likeness (QED) is 0.886. The third-order valence-corrected chi connectivity index (χ3v) is 3.23. The maximum atomic E-state index is 12.0. The largest absolute Gasteiger partial charge is 0.381 e. The molecule has 1 aliphatic rings. The maximum Gasteiger partial charge on any atom is 0.269 e. The molecule has 0 atom stereocenters. The molecule has 0 radical (unpaired) electrons. The van der Waals surface area contributed by atoms with Gasteiger partial charge in [-0.1, -0.05) is 0 Å². The molecule has 1 fully saturated rings. The predicted molar refractivity (Wildman–Crippen MR) is 72.2 cm³/mol. The lowest BCUT2D eigenvalue weighted by molar-refractivity contribution is 0.591. The molecule has 0 amide bonds. The van der Waals surface area contributed by atoms with Gasteiger partial charge in [0.1, 0.15) is 0 Å². The average Bonchev–Trinajstić information content (AvgIpc) is 3.09. The fraction of sp³-hybridized carbons (Fsp3) is 0.462. The molecular weight excluding hydrogens is 242 g/mol. The molecule has 0 bridgehead atoms. The van der Waals surface area contributed by atoms with Crippen molar-refractivity contribution in [2.75, 3.05) is 5.32 Å². The molecule has 1 aliphatic carbocycles. The summed E-state index contributed by atoms with van der Waals surface area (Å²) in [5, 5.41) is 11.7. The van der Waals surface area contributed by atoms with Crippen molar-refractivity contribution in [3.63, 3.8) is 0 Å². The highest BCUT2D eigenvalue weighted by Gasteiger charge is 2.21. The Labute approximate surface area is 111 Å². The Morgan fingerprint density at radius 2 is 2.21 bits per heavy atom. The van der Waals surface area contributed by atoms with Gasteiger partial charge in [-0.15, -0.1) is 0 Å². The summed E-state index contributed by atoms with van der Waals surface area (Å²) in [4.78, 5) is 12.0. The van der Waals surface area contributed by atoms with Crippen LogP contribution in [0, 0.1) is 6.92 Å². The van der Waals surface area contributed by atoms with Crippen LogP contribution in [-0.4, -0.2) is 25.6 Å². The Morgan fingerprint density at radius 3 is 2.79 bits per heavy atom. The average molecular weight is 259 g/mol. The molecule has 2 aromatic rings. The normalized spacial score (nSPS) is 14.6. The Balaban J connectivity index is 1.80. The van der Waals surface area contributed by atoms with Crippen LogP contribution in [0.25, 0.3) is 0 Å². The summed E-state index contributed by atoms with van der Waals surface area (Å²) in [6.07, 6.45) is 4.07. The number of aromatic nitrogens is 4. The van der Waals surface area contributed by atoms with Gasteiger partial charge in [-0.3, -0.25) is 9.48 Å². The van der Waals surface area contributed by atoms with Crippen molar-refractivity contribution in [2.45, 2.75) is 32.4 Å². The van der Waals surface area contributed by atoms with Gasteiger partial charge < -0.3 is 5.32 Å². The SMILES string of the molecule is Cc1cc(Cn2ncc(NC3CC3)cc2=O)n(C)n1. The third-order valence-electron chi connectivity index (χ3n) is 3.23. The van der Waals surface area contributed by atoms with Crippen LogP contribution in [0.2, 0.25) is 0 Å². The topological polar surface area (TPSA) is 64.7 Å². The van der Waals surface area contributed by atoms with Crippen molar-refractivity contribution in [1.29, 1.82) is 0 Å². The molecule has 2 heterocycles. The van der Waals surface area contributed by atoms with Gasteiger partial charge >= 0.3 is 0 Å². The number of nitrogens with zero attached hydrogens (tertiary/aromatic N) is 4. The summed E-state index contributed by atoms with van der Waals surface area (Å²) in [5.74, 6) is 0. The Morgan fingerprint density at radius 1 is 1.42 bits per heavy atom. The number of rotatable bonds is 4. The molecule has 6 nitrogen and oxygen atoms in total. The van der Waals surface area contributed by atoms with E-state index < -0.39 is 0 Å². The monoisotopic (exact) mass is 259 g/mol. The maximum absolute atomic E-state index is 12.0. The molecular formula is C13H17N5O. The summed E-state index contributed by atoms with van der Waals surface area (Å²) in [5.41, 5.74) is 2.63. The molecule has 2 aromatic heterocycles. The highest BCUT2D eigenvalue weighted by Crippen LogP contribution is 2.23. The zero-order valence-electron chi connectivity index (χ0n) is 11.1. The first-order valence-electron chi connectivity index (χ1n) is 6.45. The molecule has 0 spiro atoms. The van der Waals surface area contributed by atoms with E-state index in [-0.39, 0.29) is 5.56 Å². The molecule has 1 saturated carbocycles. The van der Waals surface area contributed by atoms with E-state index in [1.807, 2.05) is 20.0 Å². The van der Waals surface area contributed by atoms with Crippen LogP contribution in [0.4, 0.5) is 5.69 Å². The lowest BCUT2D eigenvalue weighted by Gasteiger charge is -2.07. The zero-order chi connectivity index (χ0) is 13.4. The van der Waals surface area contributed by atoms with E-state index in [4.69, 9.17) is 0 Å². The minimum atomic E-state index is -0.0931. The van der Waals surface area contributed by atoms with Crippen LogP contribution in [0.3, 0.4) is 0 Å². The zero-order valence-corrected chi connectivity index (χ0v) is 11.1. The lowest BCUT2D eigenvalue weighted by atomic mass is 10.3. The smallest absolute Gasteiger partial charge is 0.269 e. The van der Waals surface area contributed by atoms with E-state index in [0.717, 1.165) is 17.1 Å². The van der Waals surface area contributed by atoms with E-state index in [2.05, 4.69) is 15.5 Å². The fourth-order valence-corrected chi connectivity index (χ4v) is 2.06. The lowest BCUT2D eigenvalue weighted by Crippen LogP contribution is -2.24. The van der Waals surface area contributed by atoms with Crippen molar-refractivity contribution in [1.82, 2.24) is 19.6 Å². The minimum absolute atomic E-state index is 0.0931. The highest BCUT2D eigenvalue weighted by atomic mass is 16.1. The Bertz CT molecular complexity index is 653. The van der Waals surface area contributed by atoms with Gasteiger partial charge in [-0.05, 0) is 25.8 Å². The van der Waals surface area contributed by atoms with Gasteiger partial charge in [0.25, 0.3) is 5.56 Å². The van der Waals surface area contributed by atoms with Crippen LogP contribution in [0.15, 0.2) is 23.1 Å². The van der Waals surface area contributed by atoms with Crippen LogP contribution in [0.1, 0.15) is 24.2 Å². The molecule has 0 unspecified atom stereocenters. The van der Waals surface area contributed by atoms with Gasteiger partial charge in [-0.2, -0.15) is 10.2 Å². The second-order valence-corrected chi connectivity index (χ2v) is 5.06. The Hall–Kier alpha value is -2.11. The summed E-state index contributed by atoms with van der Waals surface area (Å²) in [6, 6.07) is 4.09. The van der Waals surface area contributed by atoms with Gasteiger partial charge in [0.2, 0.25) is 0 Å². The van der Waals surface area contributed by atoms with Crippen LogP contribution >= 0.6 is 0 Å². The van der Waals surface area contributed by atoms with E-state index in [1.54, 1.807) is 16.9 Å². The van der Waals surface area contributed by atoms with Gasteiger partial charge in [0, 0.05) is 19.2 Å². The summed E-state index contributed by atoms with van der Waals surface area (Å²) in [7, 11) is 1.87. The minimum Gasteiger partial charge on any atom is -0.381 e. The van der Waals surface area contributed by atoms with Crippen molar-refractivity contribution >= 4 is 5.69 Å². The second kappa shape index (κ2) is 4.53. The van der Waals surface area contributed by atoms with E-state index >= 15 is 0 Å². The molecule has 19 heavy (non-hydrogen) atoms. The van der Waals surface area contributed by atoms with Gasteiger partial charge in [0.15, 0.2) is 0 Å². The first-order valence-corrected chi connectivity index (χ1v) is 6.45. The standard InChI is InChI=1S/C13H17N5O/c1-9-5-12(17(2)16-9)8-18-13(19)6-11(7-14-18)15-10-3-4-10/h5-7,10,15H,3-4,8H2,1-2H3.